The van der Waals surface area contributed by atoms with Gasteiger partial charge in [0.05, 0.1) is 6.54 Å². The van der Waals surface area contributed by atoms with E-state index in [9.17, 15) is 0 Å². The molecule has 0 radical (unpaired) electrons. The van der Waals surface area contributed by atoms with Gasteiger partial charge in [0.1, 0.15) is 0 Å². The summed E-state index contributed by atoms with van der Waals surface area (Å²) in [7, 11) is 0. The fraction of sp³-hybridized carbons (Fsp3) is 0.385. The first-order chi connectivity index (χ1) is 8.92. The number of aromatic nitrogens is 2. The van der Waals surface area contributed by atoms with Gasteiger partial charge in [-0.25, -0.2) is 0 Å². The van der Waals surface area contributed by atoms with E-state index in [1.165, 1.54) is 18.5 Å². The zero-order chi connectivity index (χ0) is 12.2. The van der Waals surface area contributed by atoms with Gasteiger partial charge in [-0.3, -0.25) is 0 Å². The minimum Gasteiger partial charge on any atom is -0.410 e. The summed E-state index contributed by atoms with van der Waals surface area (Å²) < 4.78 is 5.70. The number of thioether (sulfide) groups is 1. The number of quaternary nitrogens is 1. The van der Waals surface area contributed by atoms with Crippen LogP contribution in [0.5, 0.6) is 0 Å². The first-order valence-corrected chi connectivity index (χ1v) is 7.24. The molecule has 4 nitrogen and oxygen atoms in total. The lowest BCUT2D eigenvalue weighted by atomic mass is 10.2. The van der Waals surface area contributed by atoms with Crippen molar-refractivity contribution in [3.05, 3.63) is 41.8 Å². The zero-order valence-electron chi connectivity index (χ0n) is 10.1. The first kappa shape index (κ1) is 11.7. The Bertz CT molecular complexity index is 494. The maximum atomic E-state index is 5.70. The molecule has 1 aliphatic heterocycles. The number of benzene rings is 1. The molecule has 1 atom stereocenters. The smallest absolute Gasteiger partial charge is 0.277 e. The van der Waals surface area contributed by atoms with Gasteiger partial charge in [-0.1, -0.05) is 42.1 Å². The Balaban J connectivity index is 1.60. The van der Waals surface area contributed by atoms with Crippen LogP contribution < -0.4 is 5.32 Å². The van der Waals surface area contributed by atoms with Crippen LogP contribution in [0.25, 0.3) is 0 Å². The van der Waals surface area contributed by atoms with Crippen molar-refractivity contribution in [2.45, 2.75) is 29.9 Å². The molecular weight excluding hydrogens is 246 g/mol. The predicted molar refractivity (Wildman–Crippen MR) is 69.1 cm³/mol. The quantitative estimate of drug-likeness (QED) is 0.853. The fourth-order valence-electron chi connectivity index (χ4n) is 2.15. The Hall–Kier alpha value is -1.33. The van der Waals surface area contributed by atoms with Crippen LogP contribution in [-0.4, -0.2) is 16.7 Å². The molecule has 3 rings (SSSR count). The van der Waals surface area contributed by atoms with Gasteiger partial charge < -0.3 is 9.73 Å². The second kappa shape index (κ2) is 5.54. The molecule has 1 aliphatic rings. The topological polar surface area (TPSA) is 55.5 Å². The molecule has 0 bridgehead atoms. The van der Waals surface area contributed by atoms with Crippen molar-refractivity contribution in [2.24, 2.45) is 0 Å². The highest BCUT2D eigenvalue weighted by Gasteiger charge is 2.26. The third-order valence-electron chi connectivity index (χ3n) is 3.11. The molecule has 0 amide bonds. The van der Waals surface area contributed by atoms with Crippen molar-refractivity contribution >= 4 is 11.8 Å². The zero-order valence-corrected chi connectivity index (χ0v) is 10.9. The minimum atomic E-state index is 0.378. The Labute approximate surface area is 110 Å². The summed E-state index contributed by atoms with van der Waals surface area (Å²) in [4.78, 5) is 0. The van der Waals surface area contributed by atoms with Crippen molar-refractivity contribution in [1.82, 2.24) is 10.2 Å². The largest absolute Gasteiger partial charge is 0.410 e. The van der Waals surface area contributed by atoms with Crippen LogP contribution in [0.15, 0.2) is 40.0 Å². The van der Waals surface area contributed by atoms with Crippen LogP contribution in [-0.2, 0) is 5.75 Å². The maximum absolute atomic E-state index is 5.70. The van der Waals surface area contributed by atoms with Crippen LogP contribution in [0.4, 0.5) is 0 Å². The molecular formula is C13H16N3OS+. The molecule has 2 aromatic rings. The van der Waals surface area contributed by atoms with Gasteiger partial charge in [0, 0.05) is 18.6 Å². The van der Waals surface area contributed by atoms with E-state index in [2.05, 4.69) is 27.6 Å². The average Bonchev–Trinajstić information content (AvgIpc) is 3.08. The summed E-state index contributed by atoms with van der Waals surface area (Å²) in [6.07, 6.45) is 2.38. The third-order valence-corrected chi connectivity index (χ3v) is 4.00. The van der Waals surface area contributed by atoms with Crippen LogP contribution in [0, 0.1) is 0 Å². The molecule has 1 fully saturated rings. The molecule has 18 heavy (non-hydrogen) atoms. The van der Waals surface area contributed by atoms with Crippen molar-refractivity contribution in [2.75, 3.05) is 6.54 Å². The molecule has 1 saturated heterocycles. The van der Waals surface area contributed by atoms with E-state index in [0.29, 0.717) is 11.3 Å². The maximum Gasteiger partial charge on any atom is 0.277 e. The number of nitrogens with zero attached hydrogens (tertiary/aromatic N) is 2. The molecule has 0 saturated carbocycles. The molecule has 2 heterocycles. The summed E-state index contributed by atoms with van der Waals surface area (Å²) in [6, 6.07) is 10.7. The highest BCUT2D eigenvalue weighted by atomic mass is 32.2. The standard InChI is InChI=1S/C13H15N3OS/c1-2-5-10(6-3-1)9-18-13-16-15-12(17-13)11-7-4-8-14-11/h1-3,5-6,11,14H,4,7-9H2/p+1. The van der Waals surface area contributed by atoms with Gasteiger partial charge in [-0.05, 0) is 5.56 Å². The van der Waals surface area contributed by atoms with Crippen molar-refractivity contribution in [3.63, 3.8) is 0 Å². The summed E-state index contributed by atoms with van der Waals surface area (Å²) >= 11 is 1.60. The SMILES string of the molecule is c1ccc(CSc2nnc(C3CCC[NH2+]3)o2)cc1. The molecule has 2 N–H and O–H groups in total. The molecule has 1 unspecified atom stereocenters. The Morgan fingerprint density at radius 2 is 2.17 bits per heavy atom. The van der Waals surface area contributed by atoms with Crippen molar-refractivity contribution < 1.29 is 9.73 Å². The second-order valence-electron chi connectivity index (χ2n) is 4.45. The van der Waals surface area contributed by atoms with E-state index >= 15 is 0 Å². The van der Waals surface area contributed by atoms with Gasteiger partial charge >= 0.3 is 0 Å². The third kappa shape index (κ3) is 2.73. The lowest BCUT2D eigenvalue weighted by Crippen LogP contribution is -2.81. The highest BCUT2D eigenvalue weighted by molar-refractivity contribution is 7.98. The summed E-state index contributed by atoms with van der Waals surface area (Å²) in [6.45, 7) is 1.17. The average molecular weight is 262 g/mol. The predicted octanol–water partition coefficient (Wildman–Crippen LogP) is 1.76. The fourth-order valence-corrected chi connectivity index (χ4v) is 2.87. The van der Waals surface area contributed by atoms with E-state index in [-0.39, 0.29) is 0 Å². The number of nitrogens with two attached hydrogens (primary N) is 1. The Kier molecular flexibility index (Phi) is 3.61. The van der Waals surface area contributed by atoms with E-state index in [1.807, 2.05) is 18.2 Å². The van der Waals surface area contributed by atoms with Crippen molar-refractivity contribution in [1.29, 1.82) is 0 Å². The molecule has 5 heteroatoms. The number of hydrogen-bond acceptors (Lipinski definition) is 4. The van der Waals surface area contributed by atoms with Gasteiger partial charge in [0.2, 0.25) is 0 Å². The van der Waals surface area contributed by atoms with Crippen LogP contribution >= 0.6 is 11.8 Å². The molecule has 0 spiro atoms. The second-order valence-corrected chi connectivity index (χ2v) is 5.38. The lowest BCUT2D eigenvalue weighted by Gasteiger charge is -1.99. The van der Waals surface area contributed by atoms with Crippen molar-refractivity contribution in [3.8, 4) is 0 Å². The van der Waals surface area contributed by atoms with E-state index in [1.54, 1.807) is 11.8 Å². The molecule has 0 aliphatic carbocycles. The van der Waals surface area contributed by atoms with Gasteiger partial charge in [0.15, 0.2) is 6.04 Å². The van der Waals surface area contributed by atoms with E-state index in [4.69, 9.17) is 4.42 Å². The molecule has 1 aromatic carbocycles. The monoisotopic (exact) mass is 262 g/mol. The van der Waals surface area contributed by atoms with Gasteiger partial charge in [0.25, 0.3) is 11.1 Å². The van der Waals surface area contributed by atoms with Crippen LogP contribution in [0.3, 0.4) is 0 Å². The summed E-state index contributed by atoms with van der Waals surface area (Å²) in [5, 5.41) is 11.2. The Morgan fingerprint density at radius 3 is 2.94 bits per heavy atom. The lowest BCUT2D eigenvalue weighted by molar-refractivity contribution is -0.678. The summed E-state index contributed by atoms with van der Waals surface area (Å²) in [5.41, 5.74) is 1.27. The first-order valence-electron chi connectivity index (χ1n) is 6.25. The van der Waals surface area contributed by atoms with E-state index in [0.717, 1.165) is 18.1 Å². The van der Waals surface area contributed by atoms with Gasteiger partial charge in [-0.2, -0.15) is 0 Å². The highest BCUT2D eigenvalue weighted by Crippen LogP contribution is 2.24. The summed E-state index contributed by atoms with van der Waals surface area (Å²) in [5.74, 6) is 1.65. The Morgan fingerprint density at radius 1 is 1.28 bits per heavy atom. The normalized spacial score (nSPS) is 19.2. The molecule has 94 valence electrons. The van der Waals surface area contributed by atoms with Crippen LogP contribution in [0.1, 0.15) is 30.3 Å². The van der Waals surface area contributed by atoms with Crippen LogP contribution in [0.2, 0.25) is 0 Å². The van der Waals surface area contributed by atoms with E-state index < -0.39 is 0 Å². The number of hydrogen-bond donors (Lipinski definition) is 1. The molecule has 1 aromatic heterocycles. The minimum absolute atomic E-state index is 0.378. The van der Waals surface area contributed by atoms with Gasteiger partial charge in [-0.15, -0.1) is 10.2 Å². The number of rotatable bonds is 4.